The molecule has 0 saturated heterocycles. The molecule has 4 aromatic rings. The number of amides is 2. The third kappa shape index (κ3) is 4.95. The molecule has 4 aromatic carbocycles. The van der Waals surface area contributed by atoms with Crippen molar-refractivity contribution in [2.24, 2.45) is 0 Å². The Hall–Kier alpha value is -4.30. The van der Waals surface area contributed by atoms with E-state index in [2.05, 4.69) is 21.2 Å². The van der Waals surface area contributed by atoms with Gasteiger partial charge in [0, 0.05) is 22.5 Å². The van der Waals surface area contributed by atoms with Crippen molar-refractivity contribution in [3.8, 4) is 11.1 Å². The van der Waals surface area contributed by atoms with Gasteiger partial charge in [-0.05, 0) is 52.6 Å². The average molecular weight is 573 g/mol. The summed E-state index contributed by atoms with van der Waals surface area (Å²) in [4.78, 5) is 39.4. The van der Waals surface area contributed by atoms with Crippen LogP contribution in [-0.2, 0) is 4.79 Å². The molecule has 1 aliphatic carbocycles. The maximum absolute atomic E-state index is 14.3. The van der Waals surface area contributed by atoms with Crippen molar-refractivity contribution in [2.45, 2.75) is 5.92 Å². The molecule has 0 fully saturated rings. The van der Waals surface area contributed by atoms with E-state index in [1.807, 2.05) is 48.5 Å². The van der Waals surface area contributed by atoms with Crippen LogP contribution in [0.3, 0.4) is 0 Å². The molecular weight excluding hydrogens is 551 g/mol. The zero-order valence-corrected chi connectivity index (χ0v) is 21.6. The van der Waals surface area contributed by atoms with E-state index in [1.54, 1.807) is 12.1 Å². The fraction of sp³-hybridized carbons (Fsp3) is 0.100. The highest BCUT2D eigenvalue weighted by atomic mass is 79.9. The minimum Gasteiger partial charge on any atom is -0.465 e. The fourth-order valence-corrected chi connectivity index (χ4v) is 5.22. The Morgan fingerprint density at radius 2 is 1.45 bits per heavy atom. The molecule has 0 bridgehead atoms. The van der Waals surface area contributed by atoms with Gasteiger partial charge in [0.05, 0.1) is 11.3 Å². The molecule has 0 spiro atoms. The Labute approximate surface area is 226 Å². The monoisotopic (exact) mass is 572 g/mol. The van der Waals surface area contributed by atoms with Crippen LogP contribution in [0, 0.1) is 5.82 Å². The first kappa shape index (κ1) is 25.4. The summed E-state index contributed by atoms with van der Waals surface area (Å²) in [6.45, 7) is -0.363. The van der Waals surface area contributed by atoms with Gasteiger partial charge in [0.15, 0.2) is 5.78 Å². The second-order valence-electron chi connectivity index (χ2n) is 8.94. The Kier molecular flexibility index (Phi) is 7.07. The van der Waals surface area contributed by atoms with E-state index < -0.39 is 30.1 Å². The van der Waals surface area contributed by atoms with E-state index in [0.717, 1.165) is 27.2 Å². The van der Waals surface area contributed by atoms with Crippen molar-refractivity contribution in [1.29, 1.82) is 0 Å². The number of rotatable bonds is 7. The molecule has 38 heavy (non-hydrogen) atoms. The normalized spacial score (nSPS) is 11.9. The molecule has 6 nitrogen and oxygen atoms in total. The van der Waals surface area contributed by atoms with Crippen LogP contribution in [0.25, 0.3) is 11.1 Å². The summed E-state index contributed by atoms with van der Waals surface area (Å²) >= 11 is 3.31. The van der Waals surface area contributed by atoms with Gasteiger partial charge in [-0.25, -0.2) is 9.18 Å². The summed E-state index contributed by atoms with van der Waals surface area (Å²) in [6, 6.07) is 25.9. The molecule has 190 valence electrons. The Morgan fingerprint density at radius 3 is 2.08 bits per heavy atom. The van der Waals surface area contributed by atoms with Gasteiger partial charge < -0.3 is 10.4 Å². The quantitative estimate of drug-likeness (QED) is 0.246. The van der Waals surface area contributed by atoms with Crippen LogP contribution in [0.2, 0.25) is 0 Å². The highest BCUT2D eigenvalue weighted by Crippen LogP contribution is 2.44. The predicted octanol–water partition coefficient (Wildman–Crippen LogP) is 6.55. The number of hydrogen-bond donors (Lipinski definition) is 2. The van der Waals surface area contributed by atoms with Crippen molar-refractivity contribution in [2.75, 3.05) is 18.4 Å². The number of nitrogens with one attached hydrogen (secondary N) is 1. The molecular formula is C30H22BrFN2O4. The summed E-state index contributed by atoms with van der Waals surface area (Å²) in [5, 5.41) is 12.6. The van der Waals surface area contributed by atoms with Gasteiger partial charge in [-0.2, -0.15) is 0 Å². The summed E-state index contributed by atoms with van der Waals surface area (Å²) in [5.41, 5.74) is 4.22. The van der Waals surface area contributed by atoms with Crippen molar-refractivity contribution in [3.05, 3.63) is 124 Å². The highest BCUT2D eigenvalue weighted by molar-refractivity contribution is 9.10. The highest BCUT2D eigenvalue weighted by Gasteiger charge is 2.31. The molecule has 0 heterocycles. The summed E-state index contributed by atoms with van der Waals surface area (Å²) < 4.78 is 14.9. The Morgan fingerprint density at radius 1 is 0.842 bits per heavy atom. The number of nitrogens with zero attached hydrogens (tertiary/aromatic N) is 1. The smallest absolute Gasteiger partial charge is 0.407 e. The number of carbonyl (C=O) groups excluding carboxylic acids is 2. The number of anilines is 1. The number of carbonyl (C=O) groups is 3. The lowest BCUT2D eigenvalue weighted by molar-refractivity contribution is -0.117. The van der Waals surface area contributed by atoms with Gasteiger partial charge in [0.1, 0.15) is 12.4 Å². The fourth-order valence-electron chi connectivity index (χ4n) is 4.85. The van der Waals surface area contributed by atoms with Crippen molar-refractivity contribution >= 4 is 39.4 Å². The van der Waals surface area contributed by atoms with E-state index in [9.17, 15) is 23.9 Å². The van der Waals surface area contributed by atoms with Crippen LogP contribution >= 0.6 is 15.9 Å². The van der Waals surface area contributed by atoms with Gasteiger partial charge in [-0.1, -0.05) is 76.6 Å². The van der Waals surface area contributed by atoms with Crippen molar-refractivity contribution in [3.63, 3.8) is 0 Å². The topological polar surface area (TPSA) is 86.7 Å². The van der Waals surface area contributed by atoms with Gasteiger partial charge >= 0.3 is 6.09 Å². The SMILES string of the molecule is O=C(CN(CC1c2ccccc2-c2ccccc21)C(=O)O)Nc1ccc(Br)cc1C(=O)c1ccccc1F. The lowest BCUT2D eigenvalue weighted by Crippen LogP contribution is -2.39. The maximum Gasteiger partial charge on any atom is 0.407 e. The third-order valence-corrected chi connectivity index (χ3v) is 7.08. The second kappa shape index (κ2) is 10.6. The summed E-state index contributed by atoms with van der Waals surface area (Å²) in [7, 11) is 0. The van der Waals surface area contributed by atoms with Crippen molar-refractivity contribution < 1.29 is 23.9 Å². The molecule has 0 atom stereocenters. The van der Waals surface area contributed by atoms with Gasteiger partial charge in [0.2, 0.25) is 5.91 Å². The average Bonchev–Trinajstić information content (AvgIpc) is 3.23. The number of halogens is 2. The Bertz CT molecular complexity index is 1530. The van der Waals surface area contributed by atoms with Gasteiger partial charge in [-0.3, -0.25) is 14.5 Å². The van der Waals surface area contributed by atoms with Gasteiger partial charge in [-0.15, -0.1) is 0 Å². The standard InChI is InChI=1S/C30H22BrFN2O4/c31-18-13-14-27(24(15-18)29(36)23-11-5-6-12-26(23)32)33-28(35)17-34(30(37)38)16-25-21-9-3-1-7-19(21)20-8-2-4-10-22(20)25/h1-15,25H,16-17H2,(H,33,35)(H,37,38). The number of carboxylic acid groups (broad SMARTS) is 1. The zero-order chi connectivity index (χ0) is 26.8. The second-order valence-corrected chi connectivity index (χ2v) is 9.85. The van der Waals surface area contributed by atoms with Crippen LogP contribution in [0.4, 0.5) is 14.9 Å². The van der Waals surface area contributed by atoms with Gasteiger partial charge in [0.25, 0.3) is 0 Å². The van der Waals surface area contributed by atoms with Crippen molar-refractivity contribution in [1.82, 2.24) is 4.90 Å². The first-order valence-electron chi connectivity index (χ1n) is 11.9. The summed E-state index contributed by atoms with van der Waals surface area (Å²) in [5.74, 6) is -2.12. The number of benzene rings is 4. The molecule has 0 aliphatic heterocycles. The molecule has 0 radical (unpaired) electrons. The molecule has 0 aromatic heterocycles. The van der Waals surface area contributed by atoms with E-state index in [-0.39, 0.29) is 29.3 Å². The predicted molar refractivity (Wildman–Crippen MR) is 146 cm³/mol. The molecule has 1 aliphatic rings. The molecule has 8 heteroatoms. The maximum atomic E-state index is 14.3. The Balaban J connectivity index is 1.38. The molecule has 0 saturated carbocycles. The largest absolute Gasteiger partial charge is 0.465 e. The number of ketones is 1. The van der Waals surface area contributed by atoms with Crippen LogP contribution in [-0.4, -0.2) is 40.9 Å². The number of hydrogen-bond acceptors (Lipinski definition) is 3. The van der Waals surface area contributed by atoms with Crippen LogP contribution < -0.4 is 5.32 Å². The van der Waals surface area contributed by atoms with Crippen LogP contribution in [0.5, 0.6) is 0 Å². The lowest BCUT2D eigenvalue weighted by atomic mass is 9.96. The molecule has 5 rings (SSSR count). The molecule has 2 N–H and O–H groups in total. The first-order valence-corrected chi connectivity index (χ1v) is 12.7. The van der Waals surface area contributed by atoms with E-state index >= 15 is 0 Å². The number of fused-ring (bicyclic) bond motifs is 3. The van der Waals surface area contributed by atoms with E-state index in [4.69, 9.17) is 0 Å². The third-order valence-electron chi connectivity index (χ3n) is 6.59. The minimum atomic E-state index is -1.24. The van der Waals surface area contributed by atoms with Crippen LogP contribution in [0.15, 0.2) is 95.5 Å². The van der Waals surface area contributed by atoms with E-state index in [1.165, 1.54) is 30.3 Å². The first-order chi connectivity index (χ1) is 18.3. The van der Waals surface area contributed by atoms with E-state index in [0.29, 0.717) is 4.47 Å². The minimum absolute atomic E-state index is 0.0815. The van der Waals surface area contributed by atoms with Crippen LogP contribution in [0.1, 0.15) is 33.0 Å². The molecule has 0 unspecified atom stereocenters. The molecule has 2 amide bonds. The summed E-state index contributed by atoms with van der Waals surface area (Å²) in [6.07, 6.45) is -1.24. The lowest BCUT2D eigenvalue weighted by Gasteiger charge is -2.24. The zero-order valence-electron chi connectivity index (χ0n) is 20.0.